The lowest BCUT2D eigenvalue weighted by molar-refractivity contribution is 0.455. The largest absolute Gasteiger partial charge is 0.439 e. The van der Waals surface area contributed by atoms with E-state index < -0.39 is 0 Å². The lowest BCUT2D eigenvalue weighted by Gasteiger charge is -2.09. The van der Waals surface area contributed by atoms with Crippen molar-refractivity contribution in [1.29, 1.82) is 0 Å². The van der Waals surface area contributed by atoms with Crippen molar-refractivity contribution in [2.75, 3.05) is 11.7 Å². The molecule has 0 unspecified atom stereocenters. The summed E-state index contributed by atoms with van der Waals surface area (Å²) < 4.78 is 5.74. The van der Waals surface area contributed by atoms with Crippen molar-refractivity contribution in [3.8, 4) is 11.6 Å². The second-order valence-electron chi connectivity index (χ2n) is 3.93. The van der Waals surface area contributed by atoms with Crippen molar-refractivity contribution < 1.29 is 4.74 Å². The van der Waals surface area contributed by atoms with E-state index in [9.17, 15) is 0 Å². The van der Waals surface area contributed by atoms with E-state index in [2.05, 4.69) is 15.4 Å². The van der Waals surface area contributed by atoms with Gasteiger partial charge in [-0.2, -0.15) is 4.98 Å². The molecular weight excluding hydrogens is 296 g/mol. The number of nitrogens with zero attached hydrogens (tertiary/aromatic N) is 2. The van der Waals surface area contributed by atoms with Gasteiger partial charge >= 0.3 is 0 Å². The number of benzene rings is 1. The van der Waals surface area contributed by atoms with E-state index in [4.69, 9.17) is 22.2 Å². The Morgan fingerprint density at radius 2 is 2.15 bits per heavy atom. The Morgan fingerprint density at radius 1 is 1.35 bits per heavy atom. The molecule has 1 aromatic carbocycles. The predicted octanol–water partition coefficient (Wildman–Crippen LogP) is 3.49. The van der Waals surface area contributed by atoms with Gasteiger partial charge in [-0.15, -0.1) is 0 Å². The zero-order chi connectivity index (χ0) is 14.5. The van der Waals surface area contributed by atoms with E-state index in [0.717, 1.165) is 17.0 Å². The Bertz CT molecular complexity index is 587. The third-order valence-electron chi connectivity index (χ3n) is 2.63. The van der Waals surface area contributed by atoms with Crippen molar-refractivity contribution in [2.45, 2.75) is 18.5 Å². The molecule has 0 amide bonds. The standard InChI is InChI=1S/C13H15ClN4OS/c1-3-8-6-9(4-5-10(8)14)19-12-7-11(18-15)16-13(17-12)20-2/h4-7H,3,15H2,1-2H3,(H,16,17,18). The number of nitrogens with two attached hydrogens (primary N) is 1. The molecule has 0 spiro atoms. The molecule has 0 saturated heterocycles. The van der Waals surface area contributed by atoms with Gasteiger partial charge in [-0.25, -0.2) is 10.8 Å². The van der Waals surface area contributed by atoms with E-state index in [0.29, 0.717) is 22.6 Å². The van der Waals surface area contributed by atoms with E-state index in [-0.39, 0.29) is 0 Å². The molecule has 0 saturated carbocycles. The third-order valence-corrected chi connectivity index (χ3v) is 3.55. The number of halogens is 1. The summed E-state index contributed by atoms with van der Waals surface area (Å²) in [6.45, 7) is 2.04. The molecule has 0 aliphatic heterocycles. The van der Waals surface area contributed by atoms with Crippen LogP contribution in [0.4, 0.5) is 5.82 Å². The smallest absolute Gasteiger partial charge is 0.225 e. The van der Waals surface area contributed by atoms with Gasteiger partial charge in [0.25, 0.3) is 0 Å². The van der Waals surface area contributed by atoms with Gasteiger partial charge in [0, 0.05) is 11.1 Å². The fraction of sp³-hybridized carbons (Fsp3) is 0.231. The van der Waals surface area contributed by atoms with Gasteiger partial charge < -0.3 is 10.2 Å². The van der Waals surface area contributed by atoms with Gasteiger partial charge in [0.05, 0.1) is 0 Å². The molecule has 5 nitrogen and oxygen atoms in total. The number of hydrogen-bond donors (Lipinski definition) is 2. The van der Waals surface area contributed by atoms with Crippen LogP contribution in [0.3, 0.4) is 0 Å². The number of aromatic nitrogens is 2. The zero-order valence-corrected chi connectivity index (χ0v) is 12.8. The topological polar surface area (TPSA) is 73.1 Å². The van der Waals surface area contributed by atoms with Crippen LogP contribution >= 0.6 is 23.4 Å². The van der Waals surface area contributed by atoms with Crippen LogP contribution in [0.5, 0.6) is 11.6 Å². The minimum absolute atomic E-state index is 0.432. The number of nitrogen functional groups attached to an aromatic ring is 1. The first-order chi connectivity index (χ1) is 9.66. The maximum atomic E-state index is 6.08. The van der Waals surface area contributed by atoms with Gasteiger partial charge in [-0.1, -0.05) is 30.3 Å². The third kappa shape index (κ3) is 3.53. The molecule has 0 fully saturated rings. The van der Waals surface area contributed by atoms with Gasteiger partial charge in [0.1, 0.15) is 11.6 Å². The Balaban J connectivity index is 2.29. The SMILES string of the molecule is CCc1cc(Oc2cc(NN)nc(SC)n2)ccc1Cl. The predicted molar refractivity (Wildman–Crippen MR) is 82.5 cm³/mol. The fourth-order valence-electron chi connectivity index (χ4n) is 1.63. The van der Waals surface area contributed by atoms with Gasteiger partial charge in [-0.05, 0) is 36.4 Å². The number of ether oxygens (including phenoxy) is 1. The first-order valence-corrected chi connectivity index (χ1v) is 7.62. The minimum atomic E-state index is 0.432. The molecule has 0 bridgehead atoms. The van der Waals surface area contributed by atoms with Crippen molar-refractivity contribution in [2.24, 2.45) is 5.84 Å². The molecule has 1 aromatic heterocycles. The number of nitrogens with one attached hydrogen (secondary N) is 1. The number of anilines is 1. The highest BCUT2D eigenvalue weighted by Crippen LogP contribution is 2.27. The van der Waals surface area contributed by atoms with Gasteiger partial charge in [0.15, 0.2) is 5.16 Å². The lowest BCUT2D eigenvalue weighted by Crippen LogP contribution is -2.09. The van der Waals surface area contributed by atoms with Crippen molar-refractivity contribution in [3.63, 3.8) is 0 Å². The van der Waals surface area contributed by atoms with Crippen LogP contribution in [0.15, 0.2) is 29.4 Å². The fourth-order valence-corrected chi connectivity index (χ4v) is 2.25. The van der Waals surface area contributed by atoms with E-state index in [1.807, 2.05) is 25.3 Å². The number of aryl methyl sites for hydroxylation is 1. The monoisotopic (exact) mass is 310 g/mol. The molecule has 0 aliphatic rings. The Kier molecular flexibility index (Phi) is 5.05. The molecule has 20 heavy (non-hydrogen) atoms. The molecule has 0 radical (unpaired) electrons. The molecular formula is C13H15ClN4OS. The quantitative estimate of drug-likeness (QED) is 0.381. The first-order valence-electron chi connectivity index (χ1n) is 6.02. The Labute approximate surface area is 126 Å². The van der Waals surface area contributed by atoms with Crippen molar-refractivity contribution in [1.82, 2.24) is 9.97 Å². The average molecular weight is 311 g/mol. The van der Waals surface area contributed by atoms with E-state index >= 15 is 0 Å². The molecule has 106 valence electrons. The number of thioether (sulfide) groups is 1. The summed E-state index contributed by atoms with van der Waals surface area (Å²) in [6, 6.07) is 7.16. The summed E-state index contributed by atoms with van der Waals surface area (Å²) in [5, 5.41) is 1.32. The van der Waals surface area contributed by atoms with Crippen LogP contribution in [0.2, 0.25) is 5.02 Å². The molecule has 1 heterocycles. The second kappa shape index (κ2) is 6.78. The van der Waals surface area contributed by atoms with Crippen LogP contribution < -0.4 is 16.0 Å². The molecule has 0 aliphatic carbocycles. The summed E-state index contributed by atoms with van der Waals surface area (Å²) in [4.78, 5) is 8.45. The minimum Gasteiger partial charge on any atom is -0.439 e. The number of hydrazine groups is 1. The molecule has 3 N–H and O–H groups in total. The van der Waals surface area contributed by atoms with Crippen LogP contribution in [-0.4, -0.2) is 16.2 Å². The second-order valence-corrected chi connectivity index (χ2v) is 5.11. The van der Waals surface area contributed by atoms with Crippen LogP contribution in [-0.2, 0) is 6.42 Å². The van der Waals surface area contributed by atoms with Crippen molar-refractivity contribution >= 4 is 29.2 Å². The van der Waals surface area contributed by atoms with Crippen molar-refractivity contribution in [3.05, 3.63) is 34.9 Å². The van der Waals surface area contributed by atoms with Gasteiger partial charge in [-0.3, -0.25) is 0 Å². The normalized spacial score (nSPS) is 10.4. The first kappa shape index (κ1) is 14.9. The van der Waals surface area contributed by atoms with Crippen LogP contribution in [0.25, 0.3) is 0 Å². The number of rotatable bonds is 5. The molecule has 0 atom stereocenters. The zero-order valence-electron chi connectivity index (χ0n) is 11.2. The Morgan fingerprint density at radius 3 is 2.80 bits per heavy atom. The molecule has 2 rings (SSSR count). The summed E-state index contributed by atoms with van der Waals surface area (Å²) >= 11 is 7.50. The highest BCUT2D eigenvalue weighted by Gasteiger charge is 2.07. The van der Waals surface area contributed by atoms with Crippen LogP contribution in [0, 0.1) is 0 Å². The number of hydrogen-bond acceptors (Lipinski definition) is 6. The highest BCUT2D eigenvalue weighted by atomic mass is 35.5. The molecule has 2 aromatic rings. The Hall–Kier alpha value is -1.50. The van der Waals surface area contributed by atoms with Gasteiger partial charge in [0.2, 0.25) is 5.88 Å². The molecule has 7 heteroatoms. The maximum absolute atomic E-state index is 6.08. The summed E-state index contributed by atoms with van der Waals surface area (Å²) in [5.74, 6) is 7.00. The van der Waals surface area contributed by atoms with E-state index in [1.54, 1.807) is 12.1 Å². The average Bonchev–Trinajstić information content (AvgIpc) is 2.48. The summed E-state index contributed by atoms with van der Waals surface area (Å²) in [6.07, 6.45) is 2.72. The lowest BCUT2D eigenvalue weighted by atomic mass is 10.1. The summed E-state index contributed by atoms with van der Waals surface area (Å²) in [5.41, 5.74) is 3.52. The van der Waals surface area contributed by atoms with Crippen LogP contribution in [0.1, 0.15) is 12.5 Å². The maximum Gasteiger partial charge on any atom is 0.225 e. The van der Waals surface area contributed by atoms with E-state index in [1.165, 1.54) is 11.8 Å². The summed E-state index contributed by atoms with van der Waals surface area (Å²) in [7, 11) is 0. The highest BCUT2D eigenvalue weighted by molar-refractivity contribution is 7.98.